The highest BCUT2D eigenvalue weighted by Crippen LogP contribution is 2.39. The number of aliphatic imine (C=N–C) groups is 1. The van der Waals surface area contributed by atoms with Gasteiger partial charge in [0.25, 0.3) is 0 Å². The zero-order valence-electron chi connectivity index (χ0n) is 18.8. The van der Waals surface area contributed by atoms with Crippen molar-refractivity contribution in [1.82, 2.24) is 24.8 Å². The predicted molar refractivity (Wildman–Crippen MR) is 130 cm³/mol. The molecule has 1 fully saturated rings. The van der Waals surface area contributed by atoms with Crippen LogP contribution in [0.5, 0.6) is 5.75 Å². The number of fused-ring (bicyclic) bond motifs is 1. The molecule has 0 radical (unpaired) electrons. The molecule has 0 aromatic carbocycles. The van der Waals surface area contributed by atoms with E-state index in [9.17, 15) is 13.2 Å². The van der Waals surface area contributed by atoms with Crippen molar-refractivity contribution in [3.63, 3.8) is 0 Å². The van der Waals surface area contributed by atoms with Crippen LogP contribution in [0.25, 0.3) is 11.2 Å². The molecule has 10 nitrogen and oxygen atoms in total. The van der Waals surface area contributed by atoms with Gasteiger partial charge in [0.2, 0.25) is 5.95 Å². The molecular formula is C22H19ClF3N9O. The van der Waals surface area contributed by atoms with Gasteiger partial charge in [0.05, 0.1) is 30.5 Å². The van der Waals surface area contributed by atoms with Crippen molar-refractivity contribution in [3.8, 4) is 5.75 Å². The molecular weight excluding hydrogens is 499 g/mol. The van der Waals surface area contributed by atoms with Crippen LogP contribution in [0.2, 0.25) is 5.02 Å². The van der Waals surface area contributed by atoms with Gasteiger partial charge in [-0.1, -0.05) is 11.6 Å². The molecule has 186 valence electrons. The van der Waals surface area contributed by atoms with Crippen molar-refractivity contribution in [1.29, 1.82) is 5.41 Å². The third-order valence-corrected chi connectivity index (χ3v) is 5.97. The van der Waals surface area contributed by atoms with Gasteiger partial charge in [0, 0.05) is 32.5 Å². The minimum Gasteiger partial charge on any atom is -0.450 e. The first kappa shape index (κ1) is 23.6. The molecule has 2 aliphatic rings. The molecule has 3 aromatic heterocycles. The second kappa shape index (κ2) is 9.15. The number of hydrogen-bond acceptors (Lipinski definition) is 9. The highest BCUT2D eigenvalue weighted by molar-refractivity contribution is 6.36. The zero-order valence-corrected chi connectivity index (χ0v) is 19.5. The van der Waals surface area contributed by atoms with E-state index in [1.807, 2.05) is 0 Å². The summed E-state index contributed by atoms with van der Waals surface area (Å²) in [4.78, 5) is 18.3. The molecule has 0 bridgehead atoms. The largest absolute Gasteiger partial charge is 0.450 e. The summed E-state index contributed by atoms with van der Waals surface area (Å²) < 4.78 is 48.5. The van der Waals surface area contributed by atoms with Crippen LogP contribution in [-0.4, -0.2) is 45.0 Å². The lowest BCUT2D eigenvalue weighted by Crippen LogP contribution is -2.39. The molecule has 3 aromatic rings. The van der Waals surface area contributed by atoms with E-state index in [0.717, 1.165) is 18.7 Å². The van der Waals surface area contributed by atoms with Gasteiger partial charge in [-0.05, 0) is 12.5 Å². The Balaban J connectivity index is 1.47. The van der Waals surface area contributed by atoms with E-state index >= 15 is 0 Å². The number of halogens is 4. The van der Waals surface area contributed by atoms with Crippen LogP contribution in [0.15, 0.2) is 47.3 Å². The molecule has 5 heterocycles. The van der Waals surface area contributed by atoms with Crippen LogP contribution in [0.4, 0.5) is 30.6 Å². The maximum absolute atomic E-state index is 13.7. The van der Waals surface area contributed by atoms with E-state index in [4.69, 9.17) is 21.7 Å². The molecule has 0 saturated carbocycles. The van der Waals surface area contributed by atoms with Gasteiger partial charge in [-0.25, -0.2) is 9.97 Å². The van der Waals surface area contributed by atoms with Crippen LogP contribution >= 0.6 is 11.6 Å². The molecule has 36 heavy (non-hydrogen) atoms. The average molecular weight is 518 g/mol. The fourth-order valence-corrected chi connectivity index (χ4v) is 3.98. The lowest BCUT2D eigenvalue weighted by molar-refractivity contribution is -0.137. The van der Waals surface area contributed by atoms with Crippen LogP contribution in [0.3, 0.4) is 0 Å². The third-order valence-electron chi connectivity index (χ3n) is 5.61. The van der Waals surface area contributed by atoms with Gasteiger partial charge >= 0.3 is 6.18 Å². The zero-order chi connectivity index (χ0) is 25.4. The molecule has 1 saturated heterocycles. The molecule has 0 unspecified atom stereocenters. The summed E-state index contributed by atoms with van der Waals surface area (Å²) in [6.07, 6.45) is 4.57. The number of anilines is 3. The Kier molecular flexibility index (Phi) is 6.00. The van der Waals surface area contributed by atoms with Crippen LogP contribution < -0.4 is 20.3 Å². The minimum atomic E-state index is -4.56. The standard InChI is InChI=1S/C22H19ClF3N9O/c1-34-18-17(23)16(36-15(8-27)14-10-28-3-4-29-14)11-30-19(18)33-21(34)32-12-7-13(22(24,25)26)20(31-9-12)35-5-2-6-35/h3-4,7-11,27,29H,2,5-6H2,1H3,(H,30,32,33)/b15-14+,27-8?. The Labute approximate surface area is 207 Å². The normalized spacial score (nSPS) is 16.5. The molecule has 0 spiro atoms. The topological polar surface area (TPSA) is 116 Å². The number of nitrogens with zero attached hydrogens (tertiary/aromatic N) is 6. The number of aryl methyl sites for hydroxylation is 1. The number of allylic oxidation sites excluding steroid dienone is 2. The van der Waals surface area contributed by atoms with Crippen molar-refractivity contribution in [2.75, 3.05) is 23.3 Å². The smallest absolute Gasteiger partial charge is 0.420 e. The summed E-state index contributed by atoms with van der Waals surface area (Å²) >= 11 is 6.58. The van der Waals surface area contributed by atoms with Crippen molar-refractivity contribution in [2.45, 2.75) is 12.6 Å². The molecule has 3 N–H and O–H groups in total. The fourth-order valence-electron chi connectivity index (χ4n) is 3.68. The Bertz CT molecular complexity index is 1440. The van der Waals surface area contributed by atoms with Crippen LogP contribution in [0.1, 0.15) is 12.0 Å². The lowest BCUT2D eigenvalue weighted by atomic mass is 10.1. The van der Waals surface area contributed by atoms with Crippen LogP contribution in [-0.2, 0) is 13.2 Å². The number of hydrogen-bond donors (Lipinski definition) is 3. The summed E-state index contributed by atoms with van der Waals surface area (Å²) in [5, 5.41) is 13.6. The van der Waals surface area contributed by atoms with Gasteiger partial charge < -0.3 is 30.2 Å². The van der Waals surface area contributed by atoms with E-state index in [0.29, 0.717) is 24.3 Å². The second-order valence-corrected chi connectivity index (χ2v) is 8.30. The number of alkyl halides is 3. The summed E-state index contributed by atoms with van der Waals surface area (Å²) in [7, 11) is 1.64. The van der Waals surface area contributed by atoms with Gasteiger partial charge in [-0.3, -0.25) is 4.99 Å². The Morgan fingerprint density at radius 2 is 2.08 bits per heavy atom. The van der Waals surface area contributed by atoms with E-state index in [1.54, 1.807) is 28.9 Å². The van der Waals surface area contributed by atoms with Crippen molar-refractivity contribution in [3.05, 3.63) is 52.9 Å². The molecule has 0 amide bonds. The minimum absolute atomic E-state index is 0.0834. The van der Waals surface area contributed by atoms with Gasteiger partial charge in [-0.15, -0.1) is 0 Å². The second-order valence-electron chi connectivity index (χ2n) is 7.92. The fraction of sp³-hybridized carbons (Fsp3) is 0.227. The van der Waals surface area contributed by atoms with Crippen molar-refractivity contribution >= 4 is 52.6 Å². The SMILES string of the molecule is Cn1c(Nc2cnc(N3CCC3)c(C(F)(F)F)c2)nc2ncc(O/C(C=N)=C3\C=NC=CN3)c(Cl)c21. The average Bonchev–Trinajstić information content (AvgIpc) is 3.14. The van der Waals surface area contributed by atoms with Gasteiger partial charge in [0.1, 0.15) is 27.6 Å². The van der Waals surface area contributed by atoms with Crippen LogP contribution in [0, 0.1) is 5.41 Å². The van der Waals surface area contributed by atoms with Crippen molar-refractivity contribution < 1.29 is 17.9 Å². The van der Waals surface area contributed by atoms with E-state index in [-0.39, 0.29) is 39.6 Å². The van der Waals surface area contributed by atoms with E-state index in [2.05, 4.69) is 30.6 Å². The summed E-state index contributed by atoms with van der Waals surface area (Å²) in [6.45, 7) is 1.08. The molecule has 14 heteroatoms. The number of nitrogens with one attached hydrogen (secondary N) is 3. The highest BCUT2D eigenvalue weighted by atomic mass is 35.5. The lowest BCUT2D eigenvalue weighted by Gasteiger charge is -2.33. The monoisotopic (exact) mass is 517 g/mol. The van der Waals surface area contributed by atoms with E-state index < -0.39 is 11.7 Å². The number of ether oxygens (including phenoxy) is 1. The van der Waals surface area contributed by atoms with Crippen molar-refractivity contribution in [2.24, 2.45) is 12.0 Å². The first-order valence-corrected chi connectivity index (χ1v) is 11.1. The Morgan fingerprint density at radius 1 is 1.28 bits per heavy atom. The van der Waals surface area contributed by atoms with E-state index in [1.165, 1.54) is 18.6 Å². The quantitative estimate of drug-likeness (QED) is 0.328. The molecule has 5 rings (SSSR count). The predicted octanol–water partition coefficient (Wildman–Crippen LogP) is 4.37. The Morgan fingerprint density at radius 3 is 2.72 bits per heavy atom. The highest BCUT2D eigenvalue weighted by Gasteiger charge is 2.37. The summed E-state index contributed by atoms with van der Waals surface area (Å²) in [6, 6.07) is 1.01. The molecule has 0 aliphatic carbocycles. The number of rotatable bonds is 6. The molecule has 2 aliphatic heterocycles. The maximum atomic E-state index is 13.7. The first-order chi connectivity index (χ1) is 17.3. The number of aromatic nitrogens is 4. The van der Waals surface area contributed by atoms with Gasteiger partial charge in [-0.2, -0.15) is 18.2 Å². The summed E-state index contributed by atoms with van der Waals surface area (Å²) in [5.41, 5.74) is 0.384. The Hall–Kier alpha value is -4.13. The maximum Gasteiger partial charge on any atom is 0.420 e. The van der Waals surface area contributed by atoms with Gasteiger partial charge in [0.15, 0.2) is 17.2 Å². The first-order valence-electron chi connectivity index (χ1n) is 10.7. The third kappa shape index (κ3) is 4.33. The number of imidazole rings is 1. The molecule has 0 atom stereocenters. The summed E-state index contributed by atoms with van der Waals surface area (Å²) in [5.74, 6) is 0.439. The number of pyridine rings is 2.